The summed E-state index contributed by atoms with van der Waals surface area (Å²) in [6.07, 6.45) is 2.01. The number of benzene rings is 3. The minimum absolute atomic E-state index is 0.191. The normalized spacial score (nSPS) is 16.8. The van der Waals surface area contributed by atoms with Crippen molar-refractivity contribution in [3.8, 4) is 17.2 Å². The van der Waals surface area contributed by atoms with Gasteiger partial charge in [-0.2, -0.15) is 0 Å². The molecule has 3 aromatic rings. The van der Waals surface area contributed by atoms with Crippen LogP contribution in [0.25, 0.3) is 0 Å². The molecule has 0 saturated carbocycles. The van der Waals surface area contributed by atoms with E-state index in [9.17, 15) is 9.59 Å². The number of rotatable bonds is 8. The second kappa shape index (κ2) is 11.0. The van der Waals surface area contributed by atoms with E-state index >= 15 is 0 Å². The molecule has 188 valence electrons. The molecule has 3 aromatic carbocycles. The van der Waals surface area contributed by atoms with Crippen LogP contribution in [0.1, 0.15) is 40.4 Å². The summed E-state index contributed by atoms with van der Waals surface area (Å²) in [5, 5.41) is 3.05. The fraction of sp³-hybridized carbons (Fsp3) is 0.286. The van der Waals surface area contributed by atoms with Crippen molar-refractivity contribution in [2.45, 2.75) is 23.8 Å². The zero-order chi connectivity index (χ0) is 25.8. The molecule has 1 N–H and O–H groups in total. The first-order valence-corrected chi connectivity index (χ1v) is 12.9. The van der Waals surface area contributed by atoms with Gasteiger partial charge in [0.2, 0.25) is 5.91 Å². The van der Waals surface area contributed by atoms with E-state index in [1.807, 2.05) is 55.6 Å². The number of amides is 2. The lowest BCUT2D eigenvalue weighted by Crippen LogP contribution is -2.44. The maximum atomic E-state index is 14.0. The van der Waals surface area contributed by atoms with Gasteiger partial charge in [0.05, 0.1) is 38.5 Å². The van der Waals surface area contributed by atoms with Crippen molar-refractivity contribution in [2.75, 3.05) is 39.4 Å². The van der Waals surface area contributed by atoms with E-state index in [0.29, 0.717) is 40.7 Å². The van der Waals surface area contributed by atoms with Gasteiger partial charge in [-0.3, -0.25) is 9.59 Å². The molecule has 1 aliphatic heterocycles. The molecule has 0 bridgehead atoms. The van der Waals surface area contributed by atoms with Gasteiger partial charge in [0.25, 0.3) is 5.91 Å². The topological polar surface area (TPSA) is 77.1 Å². The molecule has 0 spiro atoms. The molecule has 4 rings (SSSR count). The zero-order valence-electron chi connectivity index (χ0n) is 21.0. The molecular formula is C28H30N2O5S. The van der Waals surface area contributed by atoms with Gasteiger partial charge >= 0.3 is 0 Å². The van der Waals surface area contributed by atoms with Gasteiger partial charge < -0.3 is 24.4 Å². The number of anilines is 1. The fourth-order valence-corrected chi connectivity index (χ4v) is 5.02. The van der Waals surface area contributed by atoms with Crippen molar-refractivity contribution < 1.29 is 23.8 Å². The maximum Gasteiger partial charge on any atom is 0.254 e. The number of ether oxygens (including phenoxy) is 3. The highest BCUT2D eigenvalue weighted by atomic mass is 32.2. The quantitative estimate of drug-likeness (QED) is 0.414. The average molecular weight is 507 g/mol. The maximum absolute atomic E-state index is 14.0. The number of carbonyl (C=O) groups excluding carboxylic acids is 2. The van der Waals surface area contributed by atoms with Crippen LogP contribution in [0.15, 0.2) is 65.6 Å². The molecule has 0 radical (unpaired) electrons. The molecule has 7 nitrogen and oxygen atoms in total. The Balaban J connectivity index is 1.86. The Morgan fingerprint density at radius 1 is 1.00 bits per heavy atom. The summed E-state index contributed by atoms with van der Waals surface area (Å²) >= 11 is 1.63. The lowest BCUT2D eigenvalue weighted by atomic mass is 9.79. The SMILES string of the molecule is CCOc1ccccc1NC(=O)[C@H]1c2cc(OC)c(OC)cc2C(=O)N(C)[C@@H]1c1ccc(SC)cc1. The van der Waals surface area contributed by atoms with Gasteiger partial charge in [-0.1, -0.05) is 24.3 Å². The standard InChI is InChI=1S/C28H30N2O5S/c1-6-35-22-10-8-7-9-21(22)29-27(31)25-19-15-23(33-3)24(34-4)16-20(19)28(32)30(2)26(25)17-11-13-18(36-5)14-12-17/h7-16,25-26H,6H2,1-5H3,(H,29,31)/t25-,26+/m0/s1. The minimum atomic E-state index is -0.711. The number of methoxy groups -OCH3 is 2. The van der Waals surface area contributed by atoms with Crippen LogP contribution in [-0.2, 0) is 4.79 Å². The van der Waals surface area contributed by atoms with Crippen molar-refractivity contribution >= 4 is 29.3 Å². The summed E-state index contributed by atoms with van der Waals surface area (Å²) in [6.45, 7) is 2.36. The highest BCUT2D eigenvalue weighted by Gasteiger charge is 2.43. The number of para-hydroxylation sites is 2. The summed E-state index contributed by atoms with van der Waals surface area (Å²) in [4.78, 5) is 30.3. The second-order valence-corrected chi connectivity index (χ2v) is 9.20. The molecule has 0 unspecified atom stereocenters. The summed E-state index contributed by atoms with van der Waals surface area (Å²) in [7, 11) is 4.78. The number of thioether (sulfide) groups is 1. The molecule has 2 atom stereocenters. The first-order chi connectivity index (χ1) is 17.4. The zero-order valence-corrected chi connectivity index (χ0v) is 21.8. The third kappa shape index (κ3) is 4.73. The van der Waals surface area contributed by atoms with Crippen molar-refractivity contribution in [1.82, 2.24) is 4.90 Å². The Labute approximate surface area is 215 Å². The van der Waals surface area contributed by atoms with Crippen LogP contribution in [0, 0.1) is 0 Å². The summed E-state index contributed by atoms with van der Waals surface area (Å²) in [6, 6.07) is 18.1. The van der Waals surface area contributed by atoms with Crippen molar-refractivity contribution in [3.05, 3.63) is 77.4 Å². The Hall–Kier alpha value is -3.65. The van der Waals surface area contributed by atoms with E-state index in [2.05, 4.69) is 5.32 Å². The molecular weight excluding hydrogens is 476 g/mol. The predicted molar refractivity (Wildman–Crippen MR) is 142 cm³/mol. The fourth-order valence-electron chi connectivity index (χ4n) is 4.61. The molecule has 0 aromatic heterocycles. The molecule has 1 heterocycles. The number of hydrogen-bond donors (Lipinski definition) is 1. The van der Waals surface area contributed by atoms with Gasteiger partial charge in [-0.25, -0.2) is 0 Å². The lowest BCUT2D eigenvalue weighted by Gasteiger charge is -2.40. The number of nitrogens with zero attached hydrogens (tertiary/aromatic N) is 1. The van der Waals surface area contributed by atoms with Crippen LogP contribution in [0.5, 0.6) is 17.2 Å². The molecule has 0 aliphatic carbocycles. The van der Waals surface area contributed by atoms with Crippen molar-refractivity contribution in [1.29, 1.82) is 0 Å². The summed E-state index contributed by atoms with van der Waals surface area (Å²) in [5.41, 5.74) is 2.43. The number of fused-ring (bicyclic) bond motifs is 1. The Bertz CT molecular complexity index is 1260. The molecule has 0 fully saturated rings. The van der Waals surface area contributed by atoms with Crippen LogP contribution >= 0.6 is 11.8 Å². The van der Waals surface area contributed by atoms with Crippen LogP contribution in [0.4, 0.5) is 5.69 Å². The van der Waals surface area contributed by atoms with Crippen LogP contribution in [0.3, 0.4) is 0 Å². The second-order valence-electron chi connectivity index (χ2n) is 8.32. The van der Waals surface area contributed by atoms with E-state index in [4.69, 9.17) is 14.2 Å². The summed E-state index contributed by atoms with van der Waals surface area (Å²) in [5.74, 6) is 0.316. The third-order valence-corrected chi connectivity index (χ3v) is 7.10. The molecule has 2 amide bonds. The number of carbonyl (C=O) groups is 2. The van der Waals surface area contributed by atoms with Crippen LogP contribution in [0.2, 0.25) is 0 Å². The number of nitrogens with one attached hydrogen (secondary N) is 1. The van der Waals surface area contributed by atoms with Gasteiger partial charge in [0, 0.05) is 17.5 Å². The smallest absolute Gasteiger partial charge is 0.254 e. The van der Waals surface area contributed by atoms with E-state index in [1.54, 1.807) is 41.9 Å². The number of hydrogen-bond acceptors (Lipinski definition) is 6. The number of likely N-dealkylation sites (N-methyl/N-ethyl adjacent to an activating group) is 1. The van der Waals surface area contributed by atoms with Gasteiger partial charge in [-0.15, -0.1) is 11.8 Å². The molecule has 36 heavy (non-hydrogen) atoms. The molecule has 8 heteroatoms. The largest absolute Gasteiger partial charge is 0.493 e. The van der Waals surface area contributed by atoms with Crippen LogP contribution in [-0.4, -0.2) is 50.8 Å². The monoisotopic (exact) mass is 506 g/mol. The average Bonchev–Trinajstić information content (AvgIpc) is 2.91. The minimum Gasteiger partial charge on any atom is -0.493 e. The molecule has 1 aliphatic rings. The Morgan fingerprint density at radius 2 is 1.67 bits per heavy atom. The van der Waals surface area contributed by atoms with Crippen molar-refractivity contribution in [2.24, 2.45) is 0 Å². The third-order valence-electron chi connectivity index (χ3n) is 6.36. The highest BCUT2D eigenvalue weighted by molar-refractivity contribution is 7.98. The van der Waals surface area contributed by atoms with Crippen molar-refractivity contribution in [3.63, 3.8) is 0 Å². The van der Waals surface area contributed by atoms with E-state index in [1.165, 1.54) is 14.2 Å². The predicted octanol–water partition coefficient (Wildman–Crippen LogP) is 5.37. The highest BCUT2D eigenvalue weighted by Crippen LogP contribution is 2.46. The van der Waals surface area contributed by atoms with E-state index < -0.39 is 12.0 Å². The van der Waals surface area contributed by atoms with E-state index in [-0.39, 0.29) is 11.8 Å². The first-order valence-electron chi connectivity index (χ1n) is 11.6. The van der Waals surface area contributed by atoms with Crippen LogP contribution < -0.4 is 19.5 Å². The van der Waals surface area contributed by atoms with Gasteiger partial charge in [0.1, 0.15) is 5.75 Å². The Morgan fingerprint density at radius 3 is 2.31 bits per heavy atom. The van der Waals surface area contributed by atoms with Gasteiger partial charge in [-0.05, 0) is 60.7 Å². The Kier molecular flexibility index (Phi) is 7.74. The molecule has 0 saturated heterocycles. The summed E-state index contributed by atoms with van der Waals surface area (Å²) < 4.78 is 16.7. The first kappa shape index (κ1) is 25.4. The van der Waals surface area contributed by atoms with E-state index in [0.717, 1.165) is 10.5 Å². The van der Waals surface area contributed by atoms with Gasteiger partial charge in [0.15, 0.2) is 11.5 Å². The lowest BCUT2D eigenvalue weighted by molar-refractivity contribution is -0.119.